The molecule has 0 N–H and O–H groups in total. The molecule has 0 aromatic carbocycles. The van der Waals surface area contributed by atoms with E-state index in [-0.39, 0.29) is 41.5 Å². The third-order valence-electron chi connectivity index (χ3n) is 5.77. The Morgan fingerprint density at radius 3 is 2.68 bits per heavy atom. The average molecular weight is 306 g/mol. The van der Waals surface area contributed by atoms with E-state index in [9.17, 15) is 14.4 Å². The number of rotatable bonds is 1. The lowest BCUT2D eigenvalue weighted by Gasteiger charge is -2.40. The van der Waals surface area contributed by atoms with Crippen LogP contribution >= 0.6 is 0 Å². The fraction of sp³-hybridized carbons (Fsp3) is 0.706. The van der Waals surface area contributed by atoms with Gasteiger partial charge >= 0.3 is 11.9 Å². The van der Waals surface area contributed by atoms with E-state index in [0.29, 0.717) is 6.42 Å². The van der Waals surface area contributed by atoms with E-state index < -0.39 is 17.5 Å². The molecule has 5 heteroatoms. The summed E-state index contributed by atoms with van der Waals surface area (Å²) < 4.78 is 11.1. The standard InChI is InChI=1S/C17H22O5/c1-8-7-12-14(9(2)16(20)22-12)15(21-10(3)18)17(4)11(8)5-6-13(17)19/h5-6,8-9,11-12,14-15H,7H2,1-4H3/t8-,9-,11?,12+,14-,15-,17+/m1/s1. The maximum atomic E-state index is 12.6. The van der Waals surface area contributed by atoms with Crippen molar-refractivity contribution >= 4 is 17.7 Å². The van der Waals surface area contributed by atoms with Gasteiger partial charge < -0.3 is 9.47 Å². The summed E-state index contributed by atoms with van der Waals surface area (Å²) in [6.07, 6.45) is 3.30. The average Bonchev–Trinajstić information content (AvgIpc) is 2.84. The highest BCUT2D eigenvalue weighted by Gasteiger charge is 2.62. The number of carbonyl (C=O) groups is 3. The van der Waals surface area contributed by atoms with E-state index in [0.717, 1.165) is 0 Å². The SMILES string of the molecule is CC(=O)O[C@@H]1[C@H]2[C@H](C[C@@H](C)C3C=CC(=O)[C@]31C)OC(=O)[C@@H]2C. The van der Waals surface area contributed by atoms with Crippen molar-refractivity contribution in [3.05, 3.63) is 12.2 Å². The van der Waals surface area contributed by atoms with Gasteiger partial charge in [0.2, 0.25) is 0 Å². The second-order valence-corrected chi connectivity index (χ2v) is 7.12. The lowest BCUT2D eigenvalue weighted by molar-refractivity contribution is -0.165. The van der Waals surface area contributed by atoms with E-state index in [4.69, 9.17) is 9.47 Å². The van der Waals surface area contributed by atoms with Gasteiger partial charge in [-0.2, -0.15) is 0 Å². The minimum absolute atomic E-state index is 0.000789. The molecule has 0 aromatic heterocycles. The molecule has 2 fully saturated rings. The first-order valence-electron chi connectivity index (χ1n) is 7.87. The second-order valence-electron chi connectivity index (χ2n) is 7.12. The van der Waals surface area contributed by atoms with Gasteiger partial charge in [-0.1, -0.05) is 19.9 Å². The predicted octanol–water partition coefficient (Wildman–Crippen LogP) is 1.90. The van der Waals surface area contributed by atoms with E-state index in [1.807, 2.05) is 13.0 Å². The Hall–Kier alpha value is -1.65. The molecular weight excluding hydrogens is 284 g/mol. The number of fused-ring (bicyclic) bond motifs is 2. The van der Waals surface area contributed by atoms with Crippen LogP contribution in [0.5, 0.6) is 0 Å². The van der Waals surface area contributed by atoms with Crippen LogP contribution in [0.2, 0.25) is 0 Å². The van der Waals surface area contributed by atoms with Crippen molar-refractivity contribution in [2.24, 2.45) is 29.1 Å². The third-order valence-corrected chi connectivity index (χ3v) is 5.77. The monoisotopic (exact) mass is 306 g/mol. The highest BCUT2D eigenvalue weighted by atomic mass is 16.6. The van der Waals surface area contributed by atoms with Crippen LogP contribution in [0.25, 0.3) is 0 Å². The van der Waals surface area contributed by atoms with Crippen molar-refractivity contribution < 1.29 is 23.9 Å². The van der Waals surface area contributed by atoms with E-state index in [1.54, 1.807) is 13.0 Å². The van der Waals surface area contributed by atoms with Gasteiger partial charge in [-0.15, -0.1) is 0 Å². The van der Waals surface area contributed by atoms with Crippen molar-refractivity contribution in [2.75, 3.05) is 0 Å². The Morgan fingerprint density at radius 2 is 2.05 bits per heavy atom. The van der Waals surface area contributed by atoms with E-state index in [1.165, 1.54) is 6.92 Å². The Morgan fingerprint density at radius 1 is 1.36 bits per heavy atom. The molecule has 5 nitrogen and oxygen atoms in total. The van der Waals surface area contributed by atoms with Gasteiger partial charge in [0, 0.05) is 12.8 Å². The summed E-state index contributed by atoms with van der Waals surface area (Å²) in [5.74, 6) is -1.17. The highest BCUT2D eigenvalue weighted by molar-refractivity contribution is 5.98. The van der Waals surface area contributed by atoms with Gasteiger partial charge in [0.05, 0.1) is 11.3 Å². The van der Waals surface area contributed by atoms with Gasteiger partial charge in [0.1, 0.15) is 12.2 Å². The molecule has 0 bridgehead atoms. The molecule has 3 aliphatic rings. The molecule has 1 heterocycles. The number of hydrogen-bond donors (Lipinski definition) is 0. The molecule has 7 atom stereocenters. The van der Waals surface area contributed by atoms with E-state index >= 15 is 0 Å². The van der Waals surface area contributed by atoms with Crippen molar-refractivity contribution in [1.82, 2.24) is 0 Å². The molecule has 1 unspecified atom stereocenters. The molecule has 1 saturated carbocycles. The summed E-state index contributed by atoms with van der Waals surface area (Å²) in [6.45, 7) is 7.07. The van der Waals surface area contributed by atoms with Crippen LogP contribution in [0.4, 0.5) is 0 Å². The van der Waals surface area contributed by atoms with Crippen molar-refractivity contribution in [1.29, 1.82) is 0 Å². The van der Waals surface area contributed by atoms with Gasteiger partial charge in [0.15, 0.2) is 5.78 Å². The zero-order chi connectivity index (χ0) is 16.2. The summed E-state index contributed by atoms with van der Waals surface area (Å²) in [5, 5.41) is 0. The second kappa shape index (κ2) is 4.93. The van der Waals surface area contributed by atoms with Gasteiger partial charge in [-0.25, -0.2) is 0 Å². The molecule has 0 spiro atoms. The molecule has 0 radical (unpaired) electrons. The van der Waals surface area contributed by atoms with Crippen LogP contribution in [0.15, 0.2) is 12.2 Å². The molecule has 1 saturated heterocycles. The first kappa shape index (κ1) is 15.3. The summed E-state index contributed by atoms with van der Waals surface area (Å²) in [7, 11) is 0. The summed E-state index contributed by atoms with van der Waals surface area (Å²) in [4.78, 5) is 36.2. The minimum atomic E-state index is -0.813. The lowest BCUT2D eigenvalue weighted by atomic mass is 9.66. The van der Waals surface area contributed by atoms with Crippen molar-refractivity contribution in [2.45, 2.75) is 46.3 Å². The third kappa shape index (κ3) is 1.94. The number of allylic oxidation sites excluding steroid dienone is 2. The molecule has 2 aliphatic carbocycles. The molecule has 22 heavy (non-hydrogen) atoms. The molecule has 120 valence electrons. The number of hydrogen-bond acceptors (Lipinski definition) is 5. The fourth-order valence-electron chi connectivity index (χ4n) is 4.61. The zero-order valence-electron chi connectivity index (χ0n) is 13.4. The number of ether oxygens (including phenoxy) is 2. The minimum Gasteiger partial charge on any atom is -0.462 e. The van der Waals surface area contributed by atoms with Crippen LogP contribution < -0.4 is 0 Å². The molecule has 3 rings (SSSR count). The van der Waals surface area contributed by atoms with Gasteiger partial charge in [-0.3, -0.25) is 14.4 Å². The van der Waals surface area contributed by atoms with Crippen LogP contribution in [-0.4, -0.2) is 29.9 Å². The predicted molar refractivity (Wildman–Crippen MR) is 77.6 cm³/mol. The van der Waals surface area contributed by atoms with Gasteiger partial charge in [0.25, 0.3) is 0 Å². The largest absolute Gasteiger partial charge is 0.462 e. The smallest absolute Gasteiger partial charge is 0.309 e. The fourth-order valence-corrected chi connectivity index (χ4v) is 4.61. The van der Waals surface area contributed by atoms with Crippen LogP contribution in [-0.2, 0) is 23.9 Å². The lowest BCUT2D eigenvalue weighted by Crippen LogP contribution is -2.50. The highest BCUT2D eigenvalue weighted by Crippen LogP contribution is 2.54. The summed E-state index contributed by atoms with van der Waals surface area (Å²) in [6, 6.07) is 0. The Kier molecular flexibility index (Phi) is 3.42. The zero-order valence-corrected chi connectivity index (χ0v) is 13.4. The quantitative estimate of drug-likeness (QED) is 0.692. The molecule has 1 aliphatic heterocycles. The Balaban J connectivity index is 2.10. The first-order chi connectivity index (χ1) is 10.3. The number of esters is 2. The molecule has 0 aromatic rings. The van der Waals surface area contributed by atoms with Crippen LogP contribution in [0.3, 0.4) is 0 Å². The molecule has 0 amide bonds. The van der Waals surface area contributed by atoms with E-state index in [2.05, 4.69) is 6.92 Å². The first-order valence-corrected chi connectivity index (χ1v) is 7.87. The van der Waals surface area contributed by atoms with Gasteiger partial charge in [-0.05, 0) is 31.3 Å². The normalized spacial score (nSPS) is 46.7. The number of carbonyl (C=O) groups excluding carboxylic acids is 3. The molecular formula is C17H22O5. The summed E-state index contributed by atoms with van der Waals surface area (Å²) >= 11 is 0. The van der Waals surface area contributed by atoms with Crippen molar-refractivity contribution in [3.8, 4) is 0 Å². The number of ketones is 1. The topological polar surface area (TPSA) is 69.7 Å². The Bertz CT molecular complexity index is 565. The summed E-state index contributed by atoms with van der Waals surface area (Å²) in [5.41, 5.74) is -0.813. The van der Waals surface area contributed by atoms with Crippen molar-refractivity contribution in [3.63, 3.8) is 0 Å². The maximum absolute atomic E-state index is 12.6. The van der Waals surface area contributed by atoms with Crippen LogP contribution in [0.1, 0.15) is 34.1 Å². The maximum Gasteiger partial charge on any atom is 0.309 e. The Labute approximate surface area is 130 Å². The van der Waals surface area contributed by atoms with Crippen LogP contribution in [0, 0.1) is 29.1 Å².